The molecule has 3 aromatic rings. The number of piperidine rings is 1. The highest BCUT2D eigenvalue weighted by Gasteiger charge is 2.55. The Kier molecular flexibility index (Phi) is 9.07. The molecule has 9 heteroatoms. The number of carbonyl (C=O) groups excluding carboxylic acids is 2. The molecule has 0 spiro atoms. The topological polar surface area (TPSA) is 65.1 Å². The highest BCUT2D eigenvalue weighted by Crippen LogP contribution is 2.48. The van der Waals surface area contributed by atoms with E-state index in [2.05, 4.69) is 15.1 Å². The van der Waals surface area contributed by atoms with Crippen molar-refractivity contribution in [3.63, 3.8) is 0 Å². The molecule has 0 bridgehead atoms. The molecule has 0 saturated carbocycles. The highest BCUT2D eigenvalue weighted by molar-refractivity contribution is 6.05. The smallest absolute Gasteiger partial charge is 0.318 e. The molecule has 0 aromatic heterocycles. The molecule has 3 fully saturated rings. The Bertz CT molecular complexity index is 1450. The van der Waals surface area contributed by atoms with Gasteiger partial charge < -0.3 is 15.0 Å². The number of hydrogen-bond acceptors (Lipinski definition) is 5. The second-order valence-electron chi connectivity index (χ2n) is 12.1. The SMILES string of the molecule is O=C(NC1(C(=O)c2ccccc2)CCN(CCN2CCOCC2)C(c2ccccc2)(c2ccc(F)c(F)c2)C1)N1CCCC1. The standard InChI is InChI=1S/C35H40F2N4O3/c36-30-14-13-29(25-31(30)37)35(28-11-5-2-6-12-28)26-34(32(42)27-9-3-1-4-10-27,38-33(43)40-16-7-8-17-40)15-18-41(35)20-19-39-21-23-44-24-22-39/h1-6,9-14,25H,7-8,15-24,26H2,(H,38,43). The van der Waals surface area contributed by atoms with E-state index in [1.54, 1.807) is 23.1 Å². The van der Waals surface area contributed by atoms with Crippen LogP contribution in [0.2, 0.25) is 0 Å². The van der Waals surface area contributed by atoms with Crippen LogP contribution < -0.4 is 5.32 Å². The summed E-state index contributed by atoms with van der Waals surface area (Å²) in [4.78, 5) is 34.8. The van der Waals surface area contributed by atoms with Crippen molar-refractivity contribution in [2.45, 2.75) is 36.8 Å². The largest absolute Gasteiger partial charge is 0.379 e. The van der Waals surface area contributed by atoms with Crippen LogP contribution in [-0.2, 0) is 10.3 Å². The number of Topliss-reactive ketones (excluding diaryl/α,β-unsaturated/α-hetero) is 1. The Morgan fingerprint density at radius 3 is 2.14 bits per heavy atom. The van der Waals surface area contributed by atoms with Crippen LogP contribution in [0.15, 0.2) is 78.9 Å². The molecule has 6 rings (SSSR count). The molecule has 2 amide bonds. The van der Waals surface area contributed by atoms with Crippen molar-refractivity contribution in [3.8, 4) is 0 Å². The lowest BCUT2D eigenvalue weighted by atomic mass is 9.66. The average Bonchev–Trinajstić information content (AvgIpc) is 3.62. The normalized spacial score (nSPS) is 24.7. The molecular formula is C35H40F2N4O3. The number of hydrogen-bond donors (Lipinski definition) is 1. The Morgan fingerprint density at radius 2 is 1.45 bits per heavy atom. The minimum Gasteiger partial charge on any atom is -0.379 e. The lowest BCUT2D eigenvalue weighted by Crippen LogP contribution is -2.68. The second-order valence-corrected chi connectivity index (χ2v) is 12.1. The van der Waals surface area contributed by atoms with Gasteiger partial charge in [0, 0.05) is 57.8 Å². The number of benzene rings is 3. The summed E-state index contributed by atoms with van der Waals surface area (Å²) >= 11 is 0. The van der Waals surface area contributed by atoms with Gasteiger partial charge in [0.2, 0.25) is 0 Å². The summed E-state index contributed by atoms with van der Waals surface area (Å²) in [5.74, 6) is -2.06. The molecule has 3 saturated heterocycles. The zero-order chi connectivity index (χ0) is 30.6. The predicted molar refractivity (Wildman–Crippen MR) is 164 cm³/mol. The van der Waals surface area contributed by atoms with Crippen LogP contribution in [0.4, 0.5) is 13.6 Å². The Morgan fingerprint density at radius 1 is 0.773 bits per heavy atom. The summed E-state index contributed by atoms with van der Waals surface area (Å²) in [5.41, 5.74) is -0.429. The third kappa shape index (κ3) is 6.01. The maximum atomic E-state index is 15.1. The number of morpholine rings is 1. The van der Waals surface area contributed by atoms with Crippen LogP contribution in [0, 0.1) is 11.6 Å². The Hall–Kier alpha value is -3.66. The molecule has 232 valence electrons. The number of urea groups is 1. The molecule has 44 heavy (non-hydrogen) atoms. The van der Waals surface area contributed by atoms with E-state index in [9.17, 15) is 14.0 Å². The summed E-state index contributed by atoms with van der Waals surface area (Å²) in [6, 6.07) is 22.6. The van der Waals surface area contributed by atoms with Crippen LogP contribution in [0.1, 0.15) is 47.2 Å². The average molecular weight is 603 g/mol. The highest BCUT2D eigenvalue weighted by atomic mass is 19.2. The zero-order valence-electron chi connectivity index (χ0n) is 25.0. The van der Waals surface area contributed by atoms with Crippen molar-refractivity contribution in [1.29, 1.82) is 0 Å². The van der Waals surface area contributed by atoms with Gasteiger partial charge in [-0.2, -0.15) is 0 Å². The van der Waals surface area contributed by atoms with Gasteiger partial charge in [0.15, 0.2) is 17.4 Å². The molecular weight excluding hydrogens is 562 g/mol. The number of rotatable bonds is 8. The summed E-state index contributed by atoms with van der Waals surface area (Å²) in [7, 11) is 0. The molecule has 0 radical (unpaired) electrons. The molecule has 3 aliphatic rings. The number of nitrogens with zero attached hydrogens (tertiary/aromatic N) is 3. The van der Waals surface area contributed by atoms with E-state index in [1.807, 2.05) is 48.5 Å². The molecule has 1 N–H and O–H groups in total. The van der Waals surface area contributed by atoms with Gasteiger partial charge in [-0.1, -0.05) is 66.7 Å². The first-order valence-corrected chi connectivity index (χ1v) is 15.6. The van der Waals surface area contributed by atoms with Crippen molar-refractivity contribution in [3.05, 3.63) is 107 Å². The van der Waals surface area contributed by atoms with Gasteiger partial charge >= 0.3 is 6.03 Å². The fourth-order valence-electron chi connectivity index (χ4n) is 7.17. The predicted octanol–water partition coefficient (Wildman–Crippen LogP) is 5.06. The fourth-order valence-corrected chi connectivity index (χ4v) is 7.17. The first-order valence-electron chi connectivity index (χ1n) is 15.6. The summed E-state index contributed by atoms with van der Waals surface area (Å²) in [5, 5.41) is 3.23. The van der Waals surface area contributed by atoms with Crippen molar-refractivity contribution in [2.75, 3.05) is 59.0 Å². The zero-order valence-corrected chi connectivity index (χ0v) is 25.0. The monoisotopic (exact) mass is 602 g/mol. The quantitative estimate of drug-likeness (QED) is 0.365. The van der Waals surface area contributed by atoms with Crippen LogP contribution in [-0.4, -0.2) is 91.1 Å². The molecule has 2 unspecified atom stereocenters. The van der Waals surface area contributed by atoms with Gasteiger partial charge in [0.1, 0.15) is 5.54 Å². The van der Waals surface area contributed by atoms with Crippen molar-refractivity contribution in [1.82, 2.24) is 20.0 Å². The van der Waals surface area contributed by atoms with Crippen LogP contribution in [0.5, 0.6) is 0 Å². The Labute approximate surface area is 257 Å². The summed E-state index contributed by atoms with van der Waals surface area (Å²) in [6.07, 6.45) is 2.38. The Balaban J connectivity index is 1.49. The number of likely N-dealkylation sites (tertiary alicyclic amines) is 2. The number of nitrogens with one attached hydrogen (secondary N) is 1. The summed E-state index contributed by atoms with van der Waals surface area (Å²) in [6.45, 7) is 6.09. The van der Waals surface area contributed by atoms with E-state index >= 15 is 4.39 Å². The number of halogens is 2. The molecule has 3 aromatic carbocycles. The molecule has 2 atom stereocenters. The van der Waals surface area contributed by atoms with Gasteiger partial charge in [0.05, 0.1) is 18.8 Å². The summed E-state index contributed by atoms with van der Waals surface area (Å²) < 4.78 is 35.1. The number of amides is 2. The van der Waals surface area contributed by atoms with Crippen LogP contribution in [0.3, 0.4) is 0 Å². The molecule has 0 aliphatic carbocycles. The van der Waals surface area contributed by atoms with E-state index in [4.69, 9.17) is 4.74 Å². The van der Waals surface area contributed by atoms with Crippen molar-refractivity contribution in [2.24, 2.45) is 0 Å². The minimum absolute atomic E-state index is 0.158. The maximum Gasteiger partial charge on any atom is 0.318 e. The lowest BCUT2D eigenvalue weighted by Gasteiger charge is -2.55. The molecule has 7 nitrogen and oxygen atoms in total. The van der Waals surface area contributed by atoms with Crippen molar-refractivity contribution >= 4 is 11.8 Å². The molecule has 3 heterocycles. The van der Waals surface area contributed by atoms with E-state index in [0.717, 1.165) is 44.1 Å². The fraction of sp³-hybridized carbons (Fsp3) is 0.429. The molecule has 3 aliphatic heterocycles. The van der Waals surface area contributed by atoms with Gasteiger partial charge in [-0.3, -0.25) is 14.6 Å². The van der Waals surface area contributed by atoms with Crippen molar-refractivity contribution < 1.29 is 23.1 Å². The van der Waals surface area contributed by atoms with Gasteiger partial charge in [0.25, 0.3) is 0 Å². The van der Waals surface area contributed by atoms with E-state index in [1.165, 1.54) is 6.07 Å². The number of carbonyl (C=O) groups is 2. The van der Waals surface area contributed by atoms with Gasteiger partial charge in [-0.15, -0.1) is 0 Å². The minimum atomic E-state index is -1.29. The second kappa shape index (κ2) is 13.1. The maximum absolute atomic E-state index is 15.1. The number of ether oxygens (including phenoxy) is 1. The third-order valence-electron chi connectivity index (χ3n) is 9.55. The van der Waals surface area contributed by atoms with E-state index in [0.29, 0.717) is 56.9 Å². The first kappa shape index (κ1) is 30.4. The van der Waals surface area contributed by atoms with E-state index < -0.39 is 22.7 Å². The lowest BCUT2D eigenvalue weighted by molar-refractivity contribution is 0.000595. The van der Waals surface area contributed by atoms with Gasteiger partial charge in [-0.05, 0) is 42.5 Å². The van der Waals surface area contributed by atoms with E-state index in [-0.39, 0.29) is 18.2 Å². The van der Waals surface area contributed by atoms with Gasteiger partial charge in [-0.25, -0.2) is 13.6 Å². The third-order valence-corrected chi connectivity index (χ3v) is 9.55. The first-order chi connectivity index (χ1) is 21.4. The number of ketones is 1. The van der Waals surface area contributed by atoms with Crippen LogP contribution >= 0.6 is 0 Å². The van der Waals surface area contributed by atoms with Crippen LogP contribution in [0.25, 0.3) is 0 Å².